The van der Waals surface area contributed by atoms with E-state index in [2.05, 4.69) is 12.2 Å². The van der Waals surface area contributed by atoms with Gasteiger partial charge in [-0.05, 0) is 56.3 Å². The van der Waals surface area contributed by atoms with Gasteiger partial charge >= 0.3 is 0 Å². The fourth-order valence-electron chi connectivity index (χ4n) is 3.29. The van der Waals surface area contributed by atoms with Crippen molar-refractivity contribution in [3.8, 4) is 0 Å². The van der Waals surface area contributed by atoms with Gasteiger partial charge in [-0.3, -0.25) is 0 Å². The zero-order valence-corrected chi connectivity index (χ0v) is 10.5. The van der Waals surface area contributed by atoms with E-state index < -0.39 is 0 Å². The van der Waals surface area contributed by atoms with Crippen LogP contribution >= 0.6 is 0 Å². The molecule has 2 saturated carbocycles. The minimum atomic E-state index is 0.534. The third-order valence-electron chi connectivity index (χ3n) is 4.62. The van der Waals surface area contributed by atoms with Gasteiger partial charge in [-0.25, -0.2) is 0 Å². The summed E-state index contributed by atoms with van der Waals surface area (Å²) in [5.41, 5.74) is 0. The van der Waals surface area contributed by atoms with Crippen LogP contribution in [0.4, 0.5) is 0 Å². The summed E-state index contributed by atoms with van der Waals surface area (Å²) in [6.45, 7) is 4.45. The highest BCUT2D eigenvalue weighted by atomic mass is 16.5. The van der Waals surface area contributed by atoms with Crippen LogP contribution in [0.5, 0.6) is 0 Å². The summed E-state index contributed by atoms with van der Waals surface area (Å²) in [4.78, 5) is 0. The molecule has 1 aliphatic heterocycles. The molecular formula is C14H25NO. The highest BCUT2D eigenvalue weighted by Crippen LogP contribution is 2.44. The average molecular weight is 223 g/mol. The van der Waals surface area contributed by atoms with E-state index >= 15 is 0 Å². The van der Waals surface area contributed by atoms with Crippen LogP contribution < -0.4 is 5.32 Å². The molecule has 0 spiro atoms. The van der Waals surface area contributed by atoms with Gasteiger partial charge < -0.3 is 10.1 Å². The Morgan fingerprint density at radius 3 is 2.38 bits per heavy atom. The molecule has 2 nitrogen and oxygen atoms in total. The van der Waals surface area contributed by atoms with Crippen molar-refractivity contribution in [1.29, 1.82) is 0 Å². The van der Waals surface area contributed by atoms with Crippen molar-refractivity contribution in [2.45, 2.75) is 57.6 Å². The quantitative estimate of drug-likeness (QED) is 0.747. The molecule has 3 aliphatic rings. The van der Waals surface area contributed by atoms with E-state index in [9.17, 15) is 0 Å². The Labute approximate surface area is 99.1 Å². The molecule has 3 rings (SSSR count). The Morgan fingerprint density at radius 1 is 1.12 bits per heavy atom. The standard InChI is InChI=1S/C14H25NO/c1-2-13-12(7-8-16-13)9-15-14(10-3-4-10)11-5-6-11/h10-15H,2-9H2,1H3. The van der Waals surface area contributed by atoms with E-state index in [0.29, 0.717) is 6.10 Å². The molecule has 92 valence electrons. The first-order valence-corrected chi connectivity index (χ1v) is 7.23. The van der Waals surface area contributed by atoms with E-state index in [4.69, 9.17) is 4.74 Å². The molecule has 1 N–H and O–H groups in total. The van der Waals surface area contributed by atoms with Crippen molar-refractivity contribution in [3.05, 3.63) is 0 Å². The summed E-state index contributed by atoms with van der Waals surface area (Å²) in [6.07, 6.45) is 8.90. The lowest BCUT2D eigenvalue weighted by Gasteiger charge is -2.23. The van der Waals surface area contributed by atoms with Gasteiger partial charge in [-0.1, -0.05) is 6.92 Å². The summed E-state index contributed by atoms with van der Waals surface area (Å²) in [6, 6.07) is 0.859. The Morgan fingerprint density at radius 2 is 1.81 bits per heavy atom. The molecule has 2 unspecified atom stereocenters. The van der Waals surface area contributed by atoms with E-state index in [1.807, 2.05) is 0 Å². The fourth-order valence-corrected chi connectivity index (χ4v) is 3.29. The first kappa shape index (κ1) is 11.0. The second kappa shape index (κ2) is 4.66. The van der Waals surface area contributed by atoms with Crippen molar-refractivity contribution in [1.82, 2.24) is 5.32 Å². The summed E-state index contributed by atoms with van der Waals surface area (Å²) in [7, 11) is 0. The Bertz CT molecular complexity index is 223. The molecule has 0 radical (unpaired) electrons. The van der Waals surface area contributed by atoms with E-state index in [1.54, 1.807) is 0 Å². The fraction of sp³-hybridized carbons (Fsp3) is 1.00. The van der Waals surface area contributed by atoms with Gasteiger partial charge in [0, 0.05) is 19.2 Å². The summed E-state index contributed by atoms with van der Waals surface area (Å²) in [5.74, 6) is 2.83. The third kappa shape index (κ3) is 2.43. The maximum atomic E-state index is 5.76. The summed E-state index contributed by atoms with van der Waals surface area (Å²) in [5, 5.41) is 3.87. The van der Waals surface area contributed by atoms with E-state index in [0.717, 1.165) is 30.4 Å². The van der Waals surface area contributed by atoms with Gasteiger partial charge in [-0.15, -0.1) is 0 Å². The number of hydrogen-bond donors (Lipinski definition) is 1. The lowest BCUT2D eigenvalue weighted by molar-refractivity contribution is 0.0861. The monoisotopic (exact) mass is 223 g/mol. The molecule has 2 heteroatoms. The zero-order valence-electron chi connectivity index (χ0n) is 10.5. The Kier molecular flexibility index (Phi) is 3.21. The van der Waals surface area contributed by atoms with Gasteiger partial charge in [0.2, 0.25) is 0 Å². The second-order valence-corrected chi connectivity index (χ2v) is 5.98. The number of ether oxygens (including phenoxy) is 1. The SMILES string of the molecule is CCC1OCCC1CNC(C1CC1)C1CC1. The minimum absolute atomic E-state index is 0.534. The molecule has 2 atom stereocenters. The lowest BCUT2D eigenvalue weighted by atomic mass is 9.98. The lowest BCUT2D eigenvalue weighted by Crippen LogP contribution is -2.38. The molecule has 3 fully saturated rings. The van der Waals surface area contributed by atoms with Crippen LogP contribution in [0.2, 0.25) is 0 Å². The first-order chi connectivity index (χ1) is 7.88. The van der Waals surface area contributed by atoms with Crippen molar-refractivity contribution >= 4 is 0 Å². The van der Waals surface area contributed by atoms with Crippen molar-refractivity contribution in [2.24, 2.45) is 17.8 Å². The highest BCUT2D eigenvalue weighted by molar-refractivity contribution is 4.96. The zero-order chi connectivity index (χ0) is 11.0. The topological polar surface area (TPSA) is 21.3 Å². The normalized spacial score (nSPS) is 34.9. The van der Waals surface area contributed by atoms with Crippen LogP contribution in [0.3, 0.4) is 0 Å². The number of nitrogens with one attached hydrogen (secondary N) is 1. The maximum absolute atomic E-state index is 5.76. The molecule has 0 bridgehead atoms. The van der Waals surface area contributed by atoms with Crippen LogP contribution in [0.1, 0.15) is 45.4 Å². The van der Waals surface area contributed by atoms with Crippen LogP contribution in [-0.4, -0.2) is 25.3 Å². The number of hydrogen-bond acceptors (Lipinski definition) is 2. The molecule has 2 aliphatic carbocycles. The van der Waals surface area contributed by atoms with E-state index in [-0.39, 0.29) is 0 Å². The third-order valence-corrected chi connectivity index (χ3v) is 4.62. The van der Waals surface area contributed by atoms with E-state index in [1.165, 1.54) is 45.1 Å². The van der Waals surface area contributed by atoms with Crippen LogP contribution in [0.15, 0.2) is 0 Å². The Hall–Kier alpha value is -0.0800. The van der Waals surface area contributed by atoms with Crippen LogP contribution in [0.25, 0.3) is 0 Å². The van der Waals surface area contributed by atoms with Gasteiger partial charge in [-0.2, -0.15) is 0 Å². The summed E-state index contributed by atoms with van der Waals surface area (Å²) >= 11 is 0. The van der Waals surface area contributed by atoms with Gasteiger partial charge in [0.25, 0.3) is 0 Å². The van der Waals surface area contributed by atoms with Gasteiger partial charge in [0.05, 0.1) is 6.10 Å². The first-order valence-electron chi connectivity index (χ1n) is 7.23. The Balaban J connectivity index is 1.46. The van der Waals surface area contributed by atoms with Gasteiger partial charge in [0.1, 0.15) is 0 Å². The average Bonchev–Trinajstić information content (AvgIpc) is 3.19. The second-order valence-electron chi connectivity index (χ2n) is 5.98. The van der Waals surface area contributed by atoms with Gasteiger partial charge in [0.15, 0.2) is 0 Å². The summed E-state index contributed by atoms with van der Waals surface area (Å²) < 4.78 is 5.76. The molecule has 0 aromatic carbocycles. The largest absolute Gasteiger partial charge is 0.378 e. The molecular weight excluding hydrogens is 198 g/mol. The van der Waals surface area contributed by atoms with Crippen molar-refractivity contribution < 1.29 is 4.74 Å². The molecule has 0 aromatic rings. The smallest absolute Gasteiger partial charge is 0.0613 e. The number of rotatable bonds is 6. The molecule has 1 heterocycles. The van der Waals surface area contributed by atoms with Crippen LogP contribution in [0, 0.1) is 17.8 Å². The minimum Gasteiger partial charge on any atom is -0.378 e. The molecule has 0 aromatic heterocycles. The highest BCUT2D eigenvalue weighted by Gasteiger charge is 2.41. The molecule has 16 heavy (non-hydrogen) atoms. The van der Waals surface area contributed by atoms with Crippen LogP contribution in [-0.2, 0) is 4.74 Å². The molecule has 1 saturated heterocycles. The maximum Gasteiger partial charge on any atom is 0.0613 e. The van der Waals surface area contributed by atoms with Crippen molar-refractivity contribution in [3.63, 3.8) is 0 Å². The molecule has 0 amide bonds. The predicted molar refractivity (Wildman–Crippen MR) is 65.4 cm³/mol. The predicted octanol–water partition coefficient (Wildman–Crippen LogP) is 2.58. The van der Waals surface area contributed by atoms with Crippen molar-refractivity contribution in [2.75, 3.05) is 13.2 Å².